The summed E-state index contributed by atoms with van der Waals surface area (Å²) in [5, 5.41) is 13.2. The van der Waals surface area contributed by atoms with Crippen LogP contribution in [0.15, 0.2) is 109 Å². The highest BCUT2D eigenvalue weighted by Crippen LogP contribution is 2.44. The third-order valence-electron chi connectivity index (χ3n) is 6.88. The topological polar surface area (TPSA) is 67.8 Å². The molecule has 5 nitrogen and oxygen atoms in total. The number of benzene rings is 4. The molecule has 0 saturated carbocycles. The van der Waals surface area contributed by atoms with E-state index in [9.17, 15) is 9.90 Å². The highest BCUT2D eigenvalue weighted by atomic mass is 16.5. The van der Waals surface area contributed by atoms with Crippen molar-refractivity contribution < 1.29 is 19.4 Å². The maximum absolute atomic E-state index is 12.8. The minimum atomic E-state index is -0.826. The number of aliphatic hydroxyl groups excluding tert-OH is 1. The Labute approximate surface area is 217 Å². The fraction of sp³-hybridized carbons (Fsp3) is 0.219. The van der Waals surface area contributed by atoms with Crippen LogP contribution in [0.2, 0.25) is 0 Å². The number of alkyl carbamates (subject to hydrolysis) is 1. The van der Waals surface area contributed by atoms with E-state index in [1.807, 2.05) is 84.9 Å². The number of nitrogens with one attached hydrogen (secondary N) is 1. The van der Waals surface area contributed by atoms with Crippen LogP contribution >= 0.6 is 0 Å². The number of hydrogen-bond donors (Lipinski definition) is 2. The summed E-state index contributed by atoms with van der Waals surface area (Å²) in [6.45, 7) is 1.97. The molecule has 0 aromatic heterocycles. The van der Waals surface area contributed by atoms with E-state index in [1.54, 1.807) is 6.92 Å². The summed E-state index contributed by atoms with van der Waals surface area (Å²) in [7, 11) is 0. The lowest BCUT2D eigenvalue weighted by molar-refractivity contribution is 0.0238. The zero-order valence-corrected chi connectivity index (χ0v) is 20.8. The Kier molecular flexibility index (Phi) is 7.64. The lowest BCUT2D eigenvalue weighted by Gasteiger charge is -2.25. The van der Waals surface area contributed by atoms with Crippen molar-refractivity contribution in [3.63, 3.8) is 0 Å². The molecule has 4 aromatic carbocycles. The van der Waals surface area contributed by atoms with E-state index < -0.39 is 18.2 Å². The van der Waals surface area contributed by atoms with Crippen LogP contribution in [0.5, 0.6) is 0 Å². The van der Waals surface area contributed by atoms with Gasteiger partial charge in [-0.25, -0.2) is 4.79 Å². The third kappa shape index (κ3) is 5.58. The Balaban J connectivity index is 1.24. The molecule has 0 heterocycles. The smallest absolute Gasteiger partial charge is 0.407 e. The molecule has 37 heavy (non-hydrogen) atoms. The molecule has 1 amide bonds. The number of rotatable bonds is 9. The van der Waals surface area contributed by atoms with Gasteiger partial charge >= 0.3 is 6.09 Å². The van der Waals surface area contributed by atoms with Crippen LogP contribution in [-0.4, -0.2) is 36.6 Å². The van der Waals surface area contributed by atoms with E-state index in [1.165, 1.54) is 11.1 Å². The zero-order chi connectivity index (χ0) is 25.6. The first-order valence-corrected chi connectivity index (χ1v) is 12.6. The van der Waals surface area contributed by atoms with Gasteiger partial charge in [-0.2, -0.15) is 0 Å². The molecule has 5 rings (SSSR count). The van der Waals surface area contributed by atoms with Gasteiger partial charge in [0.15, 0.2) is 0 Å². The number of hydrogen-bond acceptors (Lipinski definition) is 4. The van der Waals surface area contributed by atoms with Crippen LogP contribution in [-0.2, 0) is 9.47 Å². The molecule has 0 fully saturated rings. The van der Waals surface area contributed by atoms with Crippen molar-refractivity contribution in [1.29, 1.82) is 0 Å². The van der Waals surface area contributed by atoms with Crippen LogP contribution in [0, 0.1) is 0 Å². The summed E-state index contributed by atoms with van der Waals surface area (Å²) >= 11 is 0. The number of fused-ring (bicyclic) bond motifs is 3. The van der Waals surface area contributed by atoms with Crippen LogP contribution in [0.3, 0.4) is 0 Å². The second-order valence-corrected chi connectivity index (χ2v) is 9.35. The van der Waals surface area contributed by atoms with E-state index in [-0.39, 0.29) is 25.2 Å². The Bertz CT molecular complexity index is 1240. The second kappa shape index (κ2) is 11.4. The van der Waals surface area contributed by atoms with Crippen LogP contribution in [0.25, 0.3) is 11.1 Å². The maximum Gasteiger partial charge on any atom is 0.407 e. The number of carbonyl (C=O) groups excluding carboxylic acids is 1. The molecule has 0 radical (unpaired) electrons. The molecule has 1 aliphatic rings. The molecule has 2 atom stereocenters. The molecule has 5 heteroatoms. The van der Waals surface area contributed by atoms with Gasteiger partial charge in [0.1, 0.15) is 12.7 Å². The Morgan fingerprint density at radius 3 is 1.78 bits per heavy atom. The third-order valence-corrected chi connectivity index (χ3v) is 6.88. The number of ether oxygens (including phenoxy) is 2. The largest absolute Gasteiger partial charge is 0.449 e. The highest BCUT2D eigenvalue weighted by molar-refractivity contribution is 5.79. The molecule has 2 N–H and O–H groups in total. The molecular weight excluding hydrogens is 462 g/mol. The van der Waals surface area contributed by atoms with Crippen molar-refractivity contribution in [2.75, 3.05) is 13.2 Å². The predicted octanol–water partition coefficient (Wildman–Crippen LogP) is 6.08. The summed E-state index contributed by atoms with van der Waals surface area (Å²) in [6.07, 6.45) is -1.73. The van der Waals surface area contributed by atoms with Crippen molar-refractivity contribution in [1.82, 2.24) is 5.32 Å². The molecule has 0 aliphatic heterocycles. The van der Waals surface area contributed by atoms with E-state index in [2.05, 4.69) is 29.6 Å². The molecule has 1 aliphatic carbocycles. The van der Waals surface area contributed by atoms with Gasteiger partial charge in [-0.05, 0) is 40.3 Å². The summed E-state index contributed by atoms with van der Waals surface area (Å²) < 4.78 is 12.0. The SMILES string of the molecule is C[C@@H](O)[C@H](COC(c1ccccc1)c1ccccc1)NC(=O)OCC1c2ccccc2-c2ccccc21. The summed E-state index contributed by atoms with van der Waals surface area (Å²) in [4.78, 5) is 12.8. The number of aliphatic hydroxyl groups is 1. The normalized spacial score (nSPS) is 14.0. The Morgan fingerprint density at radius 2 is 1.27 bits per heavy atom. The fourth-order valence-electron chi connectivity index (χ4n) is 4.93. The minimum Gasteiger partial charge on any atom is -0.449 e. The maximum atomic E-state index is 12.8. The van der Waals surface area contributed by atoms with Gasteiger partial charge in [-0.3, -0.25) is 0 Å². The molecule has 4 aromatic rings. The monoisotopic (exact) mass is 493 g/mol. The molecule has 0 bridgehead atoms. The average Bonchev–Trinajstić information content (AvgIpc) is 3.26. The first kappa shape index (κ1) is 24.8. The Morgan fingerprint density at radius 1 is 0.784 bits per heavy atom. The first-order valence-electron chi connectivity index (χ1n) is 12.6. The average molecular weight is 494 g/mol. The van der Waals surface area contributed by atoms with Gasteiger partial charge in [0.25, 0.3) is 0 Å². The van der Waals surface area contributed by atoms with Gasteiger partial charge in [-0.15, -0.1) is 0 Å². The summed E-state index contributed by atoms with van der Waals surface area (Å²) in [5.41, 5.74) is 6.66. The van der Waals surface area contributed by atoms with Crippen molar-refractivity contribution >= 4 is 6.09 Å². The molecular formula is C32H31NO4. The lowest BCUT2D eigenvalue weighted by atomic mass is 9.98. The van der Waals surface area contributed by atoms with E-state index in [4.69, 9.17) is 9.47 Å². The lowest BCUT2D eigenvalue weighted by Crippen LogP contribution is -2.46. The van der Waals surface area contributed by atoms with E-state index in [0.717, 1.165) is 22.3 Å². The van der Waals surface area contributed by atoms with Gasteiger partial charge in [-0.1, -0.05) is 109 Å². The van der Waals surface area contributed by atoms with Crippen LogP contribution in [0.1, 0.15) is 41.2 Å². The van der Waals surface area contributed by atoms with Crippen molar-refractivity contribution in [3.8, 4) is 11.1 Å². The standard InChI is InChI=1S/C32H31NO4/c1-22(34)30(21-36-31(23-12-4-2-5-13-23)24-14-6-3-7-15-24)33-32(35)37-20-29-27-18-10-8-16-25(27)26-17-9-11-19-28(26)29/h2-19,22,29-31,34H,20-21H2,1H3,(H,33,35)/t22-,30+/m1/s1. The van der Waals surface area contributed by atoms with Crippen molar-refractivity contribution in [3.05, 3.63) is 131 Å². The summed E-state index contributed by atoms with van der Waals surface area (Å²) in [6, 6.07) is 35.6. The van der Waals surface area contributed by atoms with E-state index in [0.29, 0.717) is 0 Å². The predicted molar refractivity (Wildman–Crippen MR) is 144 cm³/mol. The quantitative estimate of drug-likeness (QED) is 0.297. The van der Waals surface area contributed by atoms with Crippen molar-refractivity contribution in [2.45, 2.75) is 31.1 Å². The number of amides is 1. The second-order valence-electron chi connectivity index (χ2n) is 9.35. The Hall–Kier alpha value is -3.93. The zero-order valence-electron chi connectivity index (χ0n) is 20.8. The number of carbonyl (C=O) groups is 1. The van der Waals surface area contributed by atoms with E-state index >= 15 is 0 Å². The van der Waals surface area contributed by atoms with Gasteiger partial charge in [0.05, 0.1) is 18.8 Å². The van der Waals surface area contributed by atoms with Crippen LogP contribution in [0.4, 0.5) is 4.79 Å². The minimum absolute atomic E-state index is 0.0278. The molecule has 0 spiro atoms. The van der Waals surface area contributed by atoms with Gasteiger partial charge < -0.3 is 19.9 Å². The van der Waals surface area contributed by atoms with Gasteiger partial charge in [0, 0.05) is 5.92 Å². The fourth-order valence-corrected chi connectivity index (χ4v) is 4.93. The van der Waals surface area contributed by atoms with Gasteiger partial charge in [0.2, 0.25) is 0 Å². The molecule has 188 valence electrons. The first-order chi connectivity index (χ1) is 18.1. The highest BCUT2D eigenvalue weighted by Gasteiger charge is 2.30. The summed E-state index contributed by atoms with van der Waals surface area (Å²) in [5.74, 6) is -0.0278. The van der Waals surface area contributed by atoms with Crippen LogP contribution < -0.4 is 5.32 Å². The molecule has 0 saturated heterocycles. The van der Waals surface area contributed by atoms with Crippen molar-refractivity contribution in [2.24, 2.45) is 0 Å². The molecule has 0 unspecified atom stereocenters.